The Kier molecular flexibility index (Phi) is 11.2. The van der Waals surface area contributed by atoms with E-state index in [1.807, 2.05) is 30.1 Å². The zero-order valence-electron chi connectivity index (χ0n) is 28.4. The number of fused-ring (bicyclic) bond motifs is 2. The van der Waals surface area contributed by atoms with Crippen LogP contribution in [0.15, 0.2) is 52.6 Å². The number of nitro groups is 1. The predicted molar refractivity (Wildman–Crippen MR) is 188 cm³/mol. The van der Waals surface area contributed by atoms with Crippen LogP contribution in [-0.2, 0) is 31.9 Å². The quantitative estimate of drug-likeness (QED) is 0.0171. The second-order valence-electron chi connectivity index (χ2n) is 12.5. The molecule has 1 amide bonds. The Morgan fingerprint density at radius 3 is 2.51 bits per heavy atom. The molecule has 1 saturated heterocycles. The summed E-state index contributed by atoms with van der Waals surface area (Å²) in [5.74, 6) is -1.89. The van der Waals surface area contributed by atoms with Gasteiger partial charge in [0, 0.05) is 35.0 Å². The molecular formula is C32H42N7O7S2Si+. The van der Waals surface area contributed by atoms with Crippen LogP contribution < -0.4 is 4.57 Å². The number of azide groups is 1. The van der Waals surface area contributed by atoms with Crippen LogP contribution in [-0.4, -0.2) is 64.2 Å². The third-order valence-electron chi connectivity index (χ3n) is 9.86. The average Bonchev–Trinajstić information content (AvgIpc) is 3.71. The molecule has 2 aromatic heterocycles. The Morgan fingerprint density at radius 2 is 1.94 bits per heavy atom. The molecule has 17 heteroatoms. The van der Waals surface area contributed by atoms with E-state index in [1.54, 1.807) is 18.7 Å². The molecule has 5 atom stereocenters. The molecule has 2 aliphatic heterocycles. The predicted octanol–water partition coefficient (Wildman–Crippen LogP) is 6.28. The van der Waals surface area contributed by atoms with E-state index in [0.29, 0.717) is 24.1 Å². The number of aliphatic hydroxyl groups is 1. The van der Waals surface area contributed by atoms with Crippen molar-refractivity contribution < 1.29 is 33.3 Å². The van der Waals surface area contributed by atoms with Gasteiger partial charge in [-0.25, -0.2) is 9.36 Å². The lowest BCUT2D eigenvalue weighted by Gasteiger charge is -2.46. The van der Waals surface area contributed by atoms with Gasteiger partial charge in [-0.05, 0) is 54.5 Å². The summed E-state index contributed by atoms with van der Waals surface area (Å²) in [6.07, 6.45) is 5.00. The average molecular weight is 729 g/mol. The number of nitrogens with zero attached hydrogens (tertiary/aromatic N) is 7. The third-order valence-corrected chi connectivity index (χ3v) is 16.6. The second-order valence-corrected chi connectivity index (χ2v) is 19.0. The highest BCUT2D eigenvalue weighted by Crippen LogP contribution is 2.52. The van der Waals surface area contributed by atoms with Crippen molar-refractivity contribution in [2.75, 3.05) is 6.26 Å². The molecule has 14 nitrogen and oxygen atoms in total. The maximum absolute atomic E-state index is 13.7. The number of nitro benzene ring substituents is 1. The van der Waals surface area contributed by atoms with Crippen molar-refractivity contribution >= 4 is 59.4 Å². The summed E-state index contributed by atoms with van der Waals surface area (Å²) in [7, 11) is -1.99. The normalized spacial score (nSPS) is 20.2. The van der Waals surface area contributed by atoms with Gasteiger partial charge in [0.15, 0.2) is 8.32 Å². The van der Waals surface area contributed by atoms with Crippen LogP contribution in [0, 0.1) is 22.0 Å². The molecular weight excluding hydrogens is 687 g/mol. The smallest absolute Gasteiger partial charge is 0.355 e. The fraction of sp³-hybridized carbons (Fsp3) is 0.531. The van der Waals surface area contributed by atoms with E-state index < -0.39 is 43.5 Å². The Hall–Kier alpha value is -3.73. The van der Waals surface area contributed by atoms with Crippen molar-refractivity contribution in [3.05, 3.63) is 73.5 Å². The van der Waals surface area contributed by atoms with Gasteiger partial charge < -0.3 is 19.2 Å². The first-order chi connectivity index (χ1) is 23.4. The summed E-state index contributed by atoms with van der Waals surface area (Å²) >= 11 is 3.09. The van der Waals surface area contributed by atoms with Gasteiger partial charge in [0.25, 0.3) is 12.0 Å². The Balaban J connectivity index is 1.44. The van der Waals surface area contributed by atoms with Crippen molar-refractivity contribution in [3.63, 3.8) is 0 Å². The number of β-lactam (4-membered cyclic amide) rings is 1. The number of thioether (sulfide) groups is 1. The summed E-state index contributed by atoms with van der Waals surface area (Å²) < 4.78 is 16.3. The molecule has 0 aliphatic carbocycles. The van der Waals surface area contributed by atoms with Gasteiger partial charge >= 0.3 is 5.97 Å². The lowest BCUT2D eigenvalue weighted by molar-refractivity contribution is -0.730. The molecule has 0 unspecified atom stereocenters. The molecule has 49 heavy (non-hydrogen) atoms. The number of hydrogen-bond acceptors (Lipinski definition) is 10. The lowest BCUT2D eigenvalue weighted by atomic mass is 9.77. The van der Waals surface area contributed by atoms with Gasteiger partial charge in [-0.3, -0.25) is 14.9 Å². The van der Waals surface area contributed by atoms with Crippen LogP contribution >= 0.6 is 23.1 Å². The molecule has 0 bridgehead atoms. The van der Waals surface area contributed by atoms with Crippen molar-refractivity contribution in [1.29, 1.82) is 0 Å². The molecule has 0 radical (unpaired) electrons. The van der Waals surface area contributed by atoms with Gasteiger partial charge in [0.1, 0.15) is 24.7 Å². The van der Waals surface area contributed by atoms with E-state index in [4.69, 9.17) is 9.16 Å². The van der Waals surface area contributed by atoms with Crippen molar-refractivity contribution in [3.8, 4) is 0 Å². The number of esters is 1. The van der Waals surface area contributed by atoms with Crippen LogP contribution in [0.25, 0.3) is 20.8 Å². The number of thiazole rings is 1. The van der Waals surface area contributed by atoms with Crippen molar-refractivity contribution in [1.82, 2.24) is 9.30 Å². The number of benzene rings is 1. The van der Waals surface area contributed by atoms with Gasteiger partial charge in [-0.1, -0.05) is 55.9 Å². The minimum atomic E-state index is -1.99. The van der Waals surface area contributed by atoms with E-state index in [2.05, 4.69) is 35.4 Å². The number of amides is 1. The molecule has 1 fully saturated rings. The van der Waals surface area contributed by atoms with Crippen LogP contribution in [0.3, 0.4) is 0 Å². The fourth-order valence-corrected chi connectivity index (χ4v) is 11.9. The summed E-state index contributed by atoms with van der Waals surface area (Å²) in [6, 6.07) is 8.21. The molecule has 1 aromatic carbocycles. The monoisotopic (exact) mass is 728 g/mol. The molecule has 2 aliphatic rings. The molecule has 0 spiro atoms. The third kappa shape index (κ3) is 6.87. The molecule has 5 rings (SSSR count). The molecule has 0 saturated carbocycles. The molecule has 1 N–H and O–H groups in total. The van der Waals surface area contributed by atoms with Crippen LogP contribution in [0.4, 0.5) is 5.69 Å². The molecule has 3 aromatic rings. The van der Waals surface area contributed by atoms with E-state index in [1.165, 1.54) is 40.5 Å². The van der Waals surface area contributed by atoms with E-state index >= 15 is 0 Å². The Bertz CT molecular complexity index is 1810. The maximum atomic E-state index is 13.7. The minimum absolute atomic E-state index is 0.0695. The first-order valence-electron chi connectivity index (χ1n) is 16.4. The summed E-state index contributed by atoms with van der Waals surface area (Å²) in [5.41, 5.74) is 10.6. The number of carbonyl (C=O) groups excluding carboxylic acids is 2. The highest BCUT2D eigenvalue weighted by Gasteiger charge is 2.60. The number of imidazole rings is 1. The number of carbonyl (C=O) groups is 2. The Morgan fingerprint density at radius 1 is 1.27 bits per heavy atom. The maximum Gasteiger partial charge on any atom is 0.355 e. The van der Waals surface area contributed by atoms with Gasteiger partial charge in [0.2, 0.25) is 15.8 Å². The van der Waals surface area contributed by atoms with Crippen LogP contribution in [0.2, 0.25) is 18.1 Å². The van der Waals surface area contributed by atoms with Gasteiger partial charge in [-0.2, -0.15) is 4.40 Å². The first kappa shape index (κ1) is 36.5. The van der Waals surface area contributed by atoms with Crippen LogP contribution in [0.1, 0.15) is 51.5 Å². The number of rotatable bonds is 16. The molecule has 262 valence electrons. The highest BCUT2D eigenvalue weighted by atomic mass is 32.2. The standard InChI is InChI=1S/C32H42N7O7S2Si/c1-7-49(8-2,9-3)46-24(34-35-33)14-15-36-18-37-16-23(48-31(37)30(36)47-6)25-19(4)27-26(20(5)40)29(41)38(27)28(25)32(42)45-17-21-10-12-22(13-11-21)39(43)44/h10-13,16,18-20,24,26-27,40H,7-9,14-15,17H2,1-6H3/q+1/t19-,20+,24-,26+,27+/m0/s1. The SMILES string of the molecule is CC[Si](CC)(CC)O[C@@H](CC[n+]1cn2cc(C3=C(C(=O)OCc4ccc([N+](=O)[O-])cc4)N4C(=O)[C@H]([C@@H](C)O)[C@H]4[C@H]3C)sc2c1SC)N=[N+]=[N-]. The topological polar surface area (TPSA) is 176 Å². The van der Waals surface area contributed by atoms with E-state index in [0.717, 1.165) is 32.9 Å². The van der Waals surface area contributed by atoms with Gasteiger partial charge in [0.05, 0.1) is 34.4 Å². The lowest BCUT2D eigenvalue weighted by Crippen LogP contribution is -2.63. The number of hydrogen-bond donors (Lipinski definition) is 1. The second kappa shape index (κ2) is 15.0. The zero-order valence-corrected chi connectivity index (χ0v) is 31.1. The minimum Gasteiger partial charge on any atom is -0.456 e. The Labute approximate surface area is 293 Å². The fourth-order valence-electron chi connectivity index (χ4n) is 6.97. The number of non-ortho nitro benzene ring substituents is 1. The number of aromatic nitrogens is 2. The number of aryl methyl sites for hydroxylation is 1. The van der Waals surface area contributed by atoms with Crippen molar-refractivity contribution in [2.45, 2.75) is 95.7 Å². The number of ether oxygens (including phenoxy) is 1. The van der Waals surface area contributed by atoms with E-state index in [9.17, 15) is 30.3 Å². The van der Waals surface area contributed by atoms with E-state index in [-0.39, 0.29) is 29.8 Å². The van der Waals surface area contributed by atoms with Crippen LogP contribution in [0.5, 0.6) is 0 Å². The molecule has 4 heterocycles. The van der Waals surface area contributed by atoms with Gasteiger partial charge in [-0.15, -0.1) is 0 Å². The highest BCUT2D eigenvalue weighted by molar-refractivity contribution is 7.98. The summed E-state index contributed by atoms with van der Waals surface area (Å²) in [4.78, 5) is 43.8. The summed E-state index contributed by atoms with van der Waals surface area (Å²) in [5, 5.41) is 26.5. The summed E-state index contributed by atoms with van der Waals surface area (Å²) in [6.45, 7) is 10.4. The van der Waals surface area contributed by atoms with Crippen molar-refractivity contribution in [2.24, 2.45) is 17.0 Å². The number of aliphatic hydroxyl groups excluding tert-OH is 1. The largest absolute Gasteiger partial charge is 0.456 e. The first-order valence-corrected chi connectivity index (χ1v) is 21.0. The zero-order chi connectivity index (χ0) is 35.6.